The Morgan fingerprint density at radius 1 is 1.50 bits per heavy atom. The fraction of sp³-hybridized carbons (Fsp3) is 0.100. The third-order valence-electron chi connectivity index (χ3n) is 2.08. The number of aryl methyl sites for hydroxylation is 1. The van der Waals surface area contributed by atoms with E-state index in [1.807, 2.05) is 6.07 Å². The van der Waals surface area contributed by atoms with Gasteiger partial charge in [0.1, 0.15) is 0 Å². The summed E-state index contributed by atoms with van der Waals surface area (Å²) in [7, 11) is 0. The summed E-state index contributed by atoms with van der Waals surface area (Å²) in [4.78, 5) is 11.0. The van der Waals surface area contributed by atoms with Gasteiger partial charge in [0.2, 0.25) is 0 Å². The average Bonchev–Trinajstić information content (AvgIpc) is 2.43. The summed E-state index contributed by atoms with van der Waals surface area (Å²) >= 11 is 7.14. The number of fused-ring (bicyclic) bond motifs is 1. The fourth-order valence-corrected chi connectivity index (χ4v) is 2.76. The number of carbonyl (C=O) groups is 1. The number of hydrogen-bond acceptors (Lipinski definition) is 2. The number of carboxylic acids is 1. The van der Waals surface area contributed by atoms with Crippen molar-refractivity contribution in [3.63, 3.8) is 0 Å². The van der Waals surface area contributed by atoms with E-state index in [1.165, 1.54) is 11.3 Å². The van der Waals surface area contributed by atoms with Crippen LogP contribution in [0.25, 0.3) is 10.1 Å². The van der Waals surface area contributed by atoms with Gasteiger partial charge in [-0.05, 0) is 23.9 Å². The molecule has 2 rings (SSSR count). The van der Waals surface area contributed by atoms with Crippen LogP contribution in [0, 0.1) is 6.92 Å². The van der Waals surface area contributed by atoms with Gasteiger partial charge in [-0.1, -0.05) is 23.7 Å². The van der Waals surface area contributed by atoms with Gasteiger partial charge in [0.15, 0.2) is 0 Å². The van der Waals surface area contributed by atoms with Gasteiger partial charge in [0, 0.05) is 0 Å². The first-order valence-corrected chi connectivity index (χ1v) is 5.21. The number of hydrogen-bond donors (Lipinski definition) is 1. The Hall–Kier alpha value is -1.06. The molecule has 72 valence electrons. The summed E-state index contributed by atoms with van der Waals surface area (Å²) in [6, 6.07) is 5.47. The van der Waals surface area contributed by atoms with Gasteiger partial charge in [-0.2, -0.15) is 0 Å². The van der Waals surface area contributed by atoms with Gasteiger partial charge in [-0.25, -0.2) is 4.79 Å². The maximum Gasteiger partial charge on any atom is 0.337 e. The second-order valence-corrected chi connectivity index (χ2v) is 4.71. The minimum atomic E-state index is -0.897. The van der Waals surface area contributed by atoms with Crippen molar-refractivity contribution in [2.45, 2.75) is 6.92 Å². The highest BCUT2D eigenvalue weighted by Crippen LogP contribution is 2.33. The zero-order valence-electron chi connectivity index (χ0n) is 7.37. The van der Waals surface area contributed by atoms with Crippen molar-refractivity contribution in [1.29, 1.82) is 0 Å². The Labute approximate surface area is 89.7 Å². The van der Waals surface area contributed by atoms with Crippen LogP contribution in [0.5, 0.6) is 0 Å². The molecular weight excluding hydrogens is 220 g/mol. The Bertz CT molecular complexity index is 516. The zero-order chi connectivity index (χ0) is 10.3. The van der Waals surface area contributed by atoms with Crippen molar-refractivity contribution in [1.82, 2.24) is 0 Å². The first-order chi connectivity index (χ1) is 6.59. The molecule has 0 amide bonds. The fourth-order valence-electron chi connectivity index (χ4n) is 1.44. The van der Waals surface area contributed by atoms with Crippen molar-refractivity contribution >= 4 is 39.0 Å². The molecule has 0 saturated carbocycles. The Balaban J connectivity index is 2.88. The van der Waals surface area contributed by atoms with Crippen LogP contribution < -0.4 is 0 Å². The average molecular weight is 227 g/mol. The first kappa shape index (κ1) is 9.49. The lowest BCUT2D eigenvalue weighted by molar-refractivity contribution is 0.0698. The van der Waals surface area contributed by atoms with Crippen molar-refractivity contribution in [3.8, 4) is 0 Å². The molecule has 2 aromatic rings. The second kappa shape index (κ2) is 3.26. The minimum absolute atomic E-state index is 0.361. The Morgan fingerprint density at radius 2 is 2.21 bits per heavy atom. The van der Waals surface area contributed by atoms with E-state index in [0.29, 0.717) is 9.90 Å². The van der Waals surface area contributed by atoms with E-state index in [2.05, 4.69) is 0 Å². The summed E-state index contributed by atoms with van der Waals surface area (Å²) < 4.78 is 1.37. The molecule has 0 bridgehead atoms. The molecule has 1 aromatic heterocycles. The van der Waals surface area contributed by atoms with E-state index in [4.69, 9.17) is 16.7 Å². The van der Waals surface area contributed by atoms with Crippen LogP contribution in [-0.4, -0.2) is 11.1 Å². The van der Waals surface area contributed by atoms with Gasteiger partial charge in [-0.3, -0.25) is 0 Å². The second-order valence-electron chi connectivity index (χ2n) is 3.03. The van der Waals surface area contributed by atoms with Crippen LogP contribution in [0.2, 0.25) is 4.34 Å². The lowest BCUT2D eigenvalue weighted by Gasteiger charge is -2.00. The van der Waals surface area contributed by atoms with Gasteiger partial charge in [-0.15, -0.1) is 11.3 Å². The van der Waals surface area contributed by atoms with Crippen molar-refractivity contribution in [3.05, 3.63) is 33.7 Å². The van der Waals surface area contributed by atoms with Gasteiger partial charge >= 0.3 is 5.97 Å². The summed E-state index contributed by atoms with van der Waals surface area (Å²) in [5.74, 6) is -0.897. The number of aromatic carboxylic acids is 1. The SMILES string of the molecule is Cc1ccc2cc(Cl)sc2c1C(=O)O. The minimum Gasteiger partial charge on any atom is -0.478 e. The van der Waals surface area contributed by atoms with Crippen LogP contribution in [0.15, 0.2) is 18.2 Å². The third kappa shape index (κ3) is 1.38. The Morgan fingerprint density at radius 3 is 2.86 bits per heavy atom. The van der Waals surface area contributed by atoms with E-state index in [0.717, 1.165) is 15.6 Å². The predicted octanol–water partition coefficient (Wildman–Crippen LogP) is 3.56. The lowest BCUT2D eigenvalue weighted by Crippen LogP contribution is -1.99. The van der Waals surface area contributed by atoms with Crippen LogP contribution >= 0.6 is 22.9 Å². The highest BCUT2D eigenvalue weighted by Gasteiger charge is 2.13. The van der Waals surface area contributed by atoms with E-state index in [1.54, 1.807) is 19.1 Å². The number of rotatable bonds is 1. The Kier molecular flexibility index (Phi) is 2.21. The van der Waals surface area contributed by atoms with Gasteiger partial charge < -0.3 is 5.11 Å². The first-order valence-electron chi connectivity index (χ1n) is 4.01. The normalized spacial score (nSPS) is 10.7. The van der Waals surface area contributed by atoms with Gasteiger partial charge in [0.05, 0.1) is 14.6 Å². The van der Waals surface area contributed by atoms with E-state index >= 15 is 0 Å². The largest absolute Gasteiger partial charge is 0.478 e. The maximum absolute atomic E-state index is 11.0. The number of carboxylic acid groups (broad SMARTS) is 1. The van der Waals surface area contributed by atoms with Gasteiger partial charge in [0.25, 0.3) is 0 Å². The molecule has 0 spiro atoms. The quantitative estimate of drug-likeness (QED) is 0.807. The highest BCUT2D eigenvalue weighted by atomic mass is 35.5. The molecule has 0 radical (unpaired) electrons. The molecular formula is C10H7ClO2S. The third-order valence-corrected chi connectivity index (χ3v) is 3.38. The molecule has 2 nitrogen and oxygen atoms in total. The van der Waals surface area contributed by atoms with Crippen LogP contribution in [0.4, 0.5) is 0 Å². The standard InChI is InChI=1S/C10H7ClO2S/c1-5-2-3-6-4-7(11)14-9(6)8(5)10(12)13/h2-4H,1H3,(H,12,13). The van der Waals surface area contributed by atoms with Crippen LogP contribution in [-0.2, 0) is 0 Å². The van der Waals surface area contributed by atoms with E-state index in [9.17, 15) is 4.79 Å². The zero-order valence-corrected chi connectivity index (χ0v) is 8.95. The summed E-state index contributed by atoms with van der Waals surface area (Å²) in [6.07, 6.45) is 0. The molecule has 0 aliphatic rings. The molecule has 14 heavy (non-hydrogen) atoms. The van der Waals surface area contributed by atoms with Crippen LogP contribution in [0.1, 0.15) is 15.9 Å². The van der Waals surface area contributed by atoms with Crippen LogP contribution in [0.3, 0.4) is 0 Å². The van der Waals surface area contributed by atoms with Crippen molar-refractivity contribution in [2.24, 2.45) is 0 Å². The summed E-state index contributed by atoms with van der Waals surface area (Å²) in [5, 5.41) is 9.93. The predicted molar refractivity (Wildman–Crippen MR) is 58.5 cm³/mol. The van der Waals surface area contributed by atoms with E-state index in [-0.39, 0.29) is 0 Å². The summed E-state index contributed by atoms with van der Waals surface area (Å²) in [5.41, 5.74) is 1.13. The monoisotopic (exact) mass is 226 g/mol. The molecule has 1 heterocycles. The number of benzene rings is 1. The molecule has 0 aliphatic carbocycles. The maximum atomic E-state index is 11.0. The molecule has 0 fully saturated rings. The molecule has 0 saturated heterocycles. The smallest absolute Gasteiger partial charge is 0.337 e. The molecule has 4 heteroatoms. The van der Waals surface area contributed by atoms with Crippen molar-refractivity contribution < 1.29 is 9.90 Å². The summed E-state index contributed by atoms with van der Waals surface area (Å²) in [6.45, 7) is 1.79. The topological polar surface area (TPSA) is 37.3 Å². The number of thiophene rings is 1. The molecule has 0 aliphatic heterocycles. The highest BCUT2D eigenvalue weighted by molar-refractivity contribution is 7.23. The lowest BCUT2D eigenvalue weighted by atomic mass is 10.1. The molecule has 1 N–H and O–H groups in total. The molecule has 0 unspecified atom stereocenters. The molecule has 1 aromatic carbocycles. The van der Waals surface area contributed by atoms with E-state index < -0.39 is 5.97 Å². The van der Waals surface area contributed by atoms with Crippen molar-refractivity contribution in [2.75, 3.05) is 0 Å². The molecule has 0 atom stereocenters. The number of halogens is 1.